The van der Waals surface area contributed by atoms with E-state index in [-0.39, 0.29) is 11.1 Å². The second-order valence-corrected chi connectivity index (χ2v) is 13.6. The summed E-state index contributed by atoms with van der Waals surface area (Å²) in [5.41, 5.74) is -5.44. The standard InChI is InChI=1S/C36H48O14/c1-13-18(2)33(44)49-29-28(47-23(7)39)20(4)27(46-22(6)38)26-32(48-24(8)40)35(12,50-25(9)41)16-36(26,17-45-21(5)37)30(42)19(3)14-15-34(10,11)31(29)43/h13-15,19,26-29,32H,4,16-17H2,1-3,5-12H3/b15-14+,18-13-/t19-,26+,27+,28+,29-,32-,35-,36-/m1/s1. The van der Waals surface area contributed by atoms with Crippen molar-refractivity contribution >= 4 is 47.4 Å². The smallest absolute Gasteiger partial charge is 0.334 e. The van der Waals surface area contributed by atoms with Crippen LogP contribution in [-0.2, 0) is 66.8 Å². The van der Waals surface area contributed by atoms with Crippen LogP contribution in [-0.4, -0.2) is 84.0 Å². The molecule has 0 bridgehead atoms. The van der Waals surface area contributed by atoms with Crippen LogP contribution < -0.4 is 0 Å². The van der Waals surface area contributed by atoms with Gasteiger partial charge in [-0.15, -0.1) is 0 Å². The van der Waals surface area contributed by atoms with E-state index in [1.54, 1.807) is 6.92 Å². The van der Waals surface area contributed by atoms with E-state index in [2.05, 4.69) is 6.58 Å². The van der Waals surface area contributed by atoms with Gasteiger partial charge in [-0.05, 0) is 34.6 Å². The molecule has 0 unspecified atom stereocenters. The predicted octanol–water partition coefficient (Wildman–Crippen LogP) is 3.48. The topological polar surface area (TPSA) is 192 Å². The van der Waals surface area contributed by atoms with Crippen LogP contribution in [0.15, 0.2) is 36.0 Å². The van der Waals surface area contributed by atoms with Gasteiger partial charge in [-0.2, -0.15) is 0 Å². The number of ether oxygens (including phenoxy) is 6. The number of ketones is 2. The lowest BCUT2D eigenvalue weighted by Crippen LogP contribution is -2.56. The minimum atomic E-state index is -1.94. The average molecular weight is 705 g/mol. The minimum absolute atomic E-state index is 0.114. The van der Waals surface area contributed by atoms with Crippen molar-refractivity contribution in [3.63, 3.8) is 0 Å². The van der Waals surface area contributed by atoms with Gasteiger partial charge in [-0.1, -0.05) is 31.7 Å². The molecule has 0 aromatic heterocycles. The van der Waals surface area contributed by atoms with E-state index in [0.717, 1.165) is 34.6 Å². The summed E-state index contributed by atoms with van der Waals surface area (Å²) in [7, 11) is 0. The zero-order chi connectivity index (χ0) is 38.5. The Morgan fingerprint density at radius 2 is 1.32 bits per heavy atom. The molecule has 2 rings (SSSR count). The summed E-state index contributed by atoms with van der Waals surface area (Å²) >= 11 is 0. The molecule has 0 saturated heterocycles. The van der Waals surface area contributed by atoms with Crippen LogP contribution in [0.3, 0.4) is 0 Å². The normalized spacial score (nSPS) is 31.9. The highest BCUT2D eigenvalue weighted by atomic mass is 16.6. The summed E-state index contributed by atoms with van der Waals surface area (Å²) in [5.74, 6) is -9.27. The Hall–Kier alpha value is -4.62. The third kappa shape index (κ3) is 9.13. The summed E-state index contributed by atoms with van der Waals surface area (Å²) in [4.78, 5) is 105. The maximum Gasteiger partial charge on any atom is 0.334 e. The molecule has 0 amide bonds. The fourth-order valence-electron chi connectivity index (χ4n) is 6.65. The van der Waals surface area contributed by atoms with Crippen molar-refractivity contribution < 1.29 is 66.8 Å². The molecule has 0 aliphatic heterocycles. The fourth-order valence-corrected chi connectivity index (χ4v) is 6.65. The molecule has 14 nitrogen and oxygen atoms in total. The van der Waals surface area contributed by atoms with Crippen molar-refractivity contribution in [3.8, 4) is 0 Å². The maximum atomic E-state index is 14.9. The number of fused-ring (bicyclic) bond motifs is 1. The van der Waals surface area contributed by atoms with Gasteiger partial charge in [-0.3, -0.25) is 33.6 Å². The number of esters is 6. The molecule has 1 fully saturated rings. The molecule has 2 aliphatic rings. The number of rotatable bonds is 8. The van der Waals surface area contributed by atoms with Crippen LogP contribution in [0.5, 0.6) is 0 Å². The van der Waals surface area contributed by atoms with Gasteiger partial charge in [0.05, 0.1) is 11.3 Å². The van der Waals surface area contributed by atoms with Crippen LogP contribution in [0, 0.1) is 22.7 Å². The molecule has 0 aromatic rings. The van der Waals surface area contributed by atoms with E-state index in [9.17, 15) is 38.4 Å². The van der Waals surface area contributed by atoms with Crippen LogP contribution in [0.25, 0.3) is 0 Å². The first-order valence-electron chi connectivity index (χ1n) is 16.1. The maximum absolute atomic E-state index is 14.9. The average Bonchev–Trinajstić information content (AvgIpc) is 3.23. The van der Waals surface area contributed by atoms with Gasteiger partial charge in [0.25, 0.3) is 0 Å². The molecule has 276 valence electrons. The number of allylic oxidation sites excluding steroid dienone is 3. The SMILES string of the molecule is C=C1[C@H](OC(C)=O)[C@H]2[C@@H](OC(C)=O)[C@](C)(OC(C)=O)C[C@]2(COC(C)=O)C(=O)[C@H](C)/C=C/C(C)(C)C(=O)[C@H](OC(=O)/C(C)=C\C)[C@H]1OC(C)=O. The summed E-state index contributed by atoms with van der Waals surface area (Å²) < 4.78 is 34.2. The second-order valence-electron chi connectivity index (χ2n) is 13.6. The van der Waals surface area contributed by atoms with Crippen LogP contribution >= 0.6 is 0 Å². The number of carbonyl (C=O) groups is 8. The number of hydrogen-bond donors (Lipinski definition) is 0. The Morgan fingerprint density at radius 1 is 0.780 bits per heavy atom. The molecule has 0 N–H and O–H groups in total. The Bertz CT molecular complexity index is 1500. The molecule has 1 saturated carbocycles. The highest BCUT2D eigenvalue weighted by molar-refractivity contribution is 5.96. The van der Waals surface area contributed by atoms with Gasteiger partial charge in [0.1, 0.15) is 30.2 Å². The highest BCUT2D eigenvalue weighted by Crippen LogP contribution is 2.57. The van der Waals surface area contributed by atoms with E-state index in [0.29, 0.717) is 0 Å². The highest BCUT2D eigenvalue weighted by Gasteiger charge is 2.70. The molecule has 50 heavy (non-hydrogen) atoms. The molecular formula is C36H48O14. The van der Waals surface area contributed by atoms with Crippen LogP contribution in [0.1, 0.15) is 82.6 Å². The second kappa shape index (κ2) is 15.9. The molecule has 0 aromatic carbocycles. The number of Topliss-reactive ketones (excluding diaryl/α,β-unsaturated/α-hetero) is 2. The van der Waals surface area contributed by atoms with E-state index in [1.165, 1.54) is 52.8 Å². The van der Waals surface area contributed by atoms with Gasteiger partial charge in [0.15, 0.2) is 11.9 Å². The molecular weight excluding hydrogens is 656 g/mol. The molecule has 14 heteroatoms. The van der Waals surface area contributed by atoms with E-state index in [4.69, 9.17) is 28.4 Å². The van der Waals surface area contributed by atoms with Crippen molar-refractivity contribution in [2.75, 3.05) is 6.61 Å². The van der Waals surface area contributed by atoms with Crippen molar-refractivity contribution in [3.05, 3.63) is 36.0 Å². The lowest BCUT2D eigenvalue weighted by Gasteiger charge is -2.43. The Kier molecular flexibility index (Phi) is 13.2. The first-order valence-corrected chi connectivity index (χ1v) is 16.1. The summed E-state index contributed by atoms with van der Waals surface area (Å²) in [6, 6.07) is 0. The lowest BCUT2D eigenvalue weighted by atomic mass is 9.66. The van der Waals surface area contributed by atoms with Crippen molar-refractivity contribution in [1.29, 1.82) is 0 Å². The van der Waals surface area contributed by atoms with Gasteiger partial charge in [0.2, 0.25) is 6.10 Å². The first kappa shape index (κ1) is 41.6. The Morgan fingerprint density at radius 3 is 1.80 bits per heavy atom. The van der Waals surface area contributed by atoms with Crippen LogP contribution in [0.2, 0.25) is 0 Å². The largest absolute Gasteiger partial charge is 0.465 e. The summed E-state index contributed by atoms with van der Waals surface area (Å²) in [6.07, 6.45) is -3.19. The summed E-state index contributed by atoms with van der Waals surface area (Å²) in [6.45, 7) is 17.7. The molecule has 8 atom stereocenters. The van der Waals surface area contributed by atoms with Crippen molar-refractivity contribution in [2.45, 2.75) is 113 Å². The number of carbonyl (C=O) groups excluding carboxylic acids is 8. The Balaban J connectivity index is 3.23. The summed E-state index contributed by atoms with van der Waals surface area (Å²) in [5, 5.41) is 0. The van der Waals surface area contributed by atoms with E-state index < -0.39 is 113 Å². The lowest BCUT2D eigenvalue weighted by molar-refractivity contribution is -0.186. The van der Waals surface area contributed by atoms with Gasteiger partial charge in [-0.25, -0.2) is 4.79 Å². The molecule has 0 spiro atoms. The third-order valence-corrected chi connectivity index (χ3v) is 8.94. The zero-order valence-corrected chi connectivity index (χ0v) is 30.5. The van der Waals surface area contributed by atoms with Gasteiger partial charge < -0.3 is 28.4 Å². The number of hydrogen-bond acceptors (Lipinski definition) is 14. The first-order chi connectivity index (χ1) is 22.9. The monoisotopic (exact) mass is 704 g/mol. The van der Waals surface area contributed by atoms with Gasteiger partial charge >= 0.3 is 35.8 Å². The van der Waals surface area contributed by atoms with E-state index in [1.807, 2.05) is 0 Å². The fraction of sp³-hybridized carbons (Fsp3) is 0.611. The van der Waals surface area contributed by atoms with Crippen molar-refractivity contribution in [1.82, 2.24) is 0 Å². The predicted molar refractivity (Wildman–Crippen MR) is 175 cm³/mol. The van der Waals surface area contributed by atoms with E-state index >= 15 is 0 Å². The Labute approximate surface area is 291 Å². The molecule has 0 radical (unpaired) electrons. The van der Waals surface area contributed by atoms with Gasteiger partial charge in [0, 0.05) is 63.5 Å². The molecule has 0 heterocycles. The zero-order valence-electron chi connectivity index (χ0n) is 30.5. The minimum Gasteiger partial charge on any atom is -0.465 e. The van der Waals surface area contributed by atoms with Crippen molar-refractivity contribution in [2.24, 2.45) is 22.7 Å². The van der Waals surface area contributed by atoms with Crippen LogP contribution in [0.4, 0.5) is 0 Å². The molecule has 2 aliphatic carbocycles. The quantitative estimate of drug-likeness (QED) is 0.154. The third-order valence-electron chi connectivity index (χ3n) is 8.94.